The van der Waals surface area contributed by atoms with Crippen molar-refractivity contribution < 1.29 is 38.1 Å². The Balaban J connectivity index is 0.000000168. The quantitative estimate of drug-likeness (QED) is 0.0826. The summed E-state index contributed by atoms with van der Waals surface area (Å²) in [6, 6.07) is 40.1. The van der Waals surface area contributed by atoms with Gasteiger partial charge in [-0.1, -0.05) is 64.1 Å². The average Bonchev–Trinajstić information content (AvgIpc) is 4.07. The molecule has 16 nitrogen and oxygen atoms in total. The summed E-state index contributed by atoms with van der Waals surface area (Å²) < 4.78 is 22.4. The summed E-state index contributed by atoms with van der Waals surface area (Å²) in [7, 11) is 1.51. The number of pyridine rings is 3. The smallest absolute Gasteiger partial charge is 0.257 e. The van der Waals surface area contributed by atoms with Crippen LogP contribution in [-0.2, 0) is 34.2 Å². The third kappa shape index (κ3) is 15.7. The second-order valence-corrected chi connectivity index (χ2v) is 19.6. The van der Waals surface area contributed by atoms with E-state index in [4.69, 9.17) is 18.9 Å². The zero-order chi connectivity index (χ0) is 54.8. The molecule has 1 saturated carbocycles. The number of methoxy groups -OCH3 is 1. The number of nitriles is 1. The van der Waals surface area contributed by atoms with Gasteiger partial charge in [-0.15, -0.1) is 0 Å². The van der Waals surface area contributed by atoms with E-state index < -0.39 is 5.91 Å². The Hall–Kier alpha value is -9.10. The number of nitrogens with zero attached hydrogens (tertiary/aromatic N) is 5. The van der Waals surface area contributed by atoms with Crippen LogP contribution >= 0.6 is 0 Å². The highest BCUT2D eigenvalue weighted by atomic mass is 16.5. The first-order chi connectivity index (χ1) is 37.1. The van der Waals surface area contributed by atoms with Gasteiger partial charge in [-0.3, -0.25) is 34.1 Å². The number of likely N-dealkylation sites (tertiary alicyclic amines) is 1. The minimum absolute atomic E-state index is 0.00221. The summed E-state index contributed by atoms with van der Waals surface area (Å²) in [5, 5.41) is 18.0. The fraction of sp³-hybridized carbons (Fsp3) is 0.279. The number of carbonyl (C=O) groups is 4. The SMILES string of the molecule is CC(=O)N1CCC(C(=O)Nc2cccc(OCc3cccnc3)c2)CC1.CC1(C)C(C(=O)Nc2cccc(OCc3cccnc3)c2)C1(C)C.COc1ccc(C#N)c(C(=O)Nc2cccc(OCc3cccnc3)c2)c1. The van der Waals surface area contributed by atoms with Gasteiger partial charge in [-0.05, 0) is 96.5 Å². The molecule has 0 atom stereocenters. The van der Waals surface area contributed by atoms with Crippen molar-refractivity contribution in [3.63, 3.8) is 0 Å². The van der Waals surface area contributed by atoms with Crippen LogP contribution in [-0.4, -0.2) is 63.7 Å². The maximum atomic E-state index is 12.6. The second-order valence-electron chi connectivity index (χ2n) is 19.6. The van der Waals surface area contributed by atoms with E-state index in [9.17, 15) is 24.4 Å². The van der Waals surface area contributed by atoms with Crippen molar-refractivity contribution in [1.29, 1.82) is 5.26 Å². The molecule has 1 saturated heterocycles. The predicted octanol–water partition coefficient (Wildman–Crippen LogP) is 10.9. The molecule has 9 rings (SSSR count). The van der Waals surface area contributed by atoms with Crippen molar-refractivity contribution in [2.24, 2.45) is 22.7 Å². The van der Waals surface area contributed by atoms with Crippen molar-refractivity contribution in [1.82, 2.24) is 19.9 Å². The Morgan fingerprint density at radius 1 is 0.584 bits per heavy atom. The molecule has 3 aromatic heterocycles. The maximum Gasteiger partial charge on any atom is 0.257 e. The van der Waals surface area contributed by atoms with Crippen LogP contribution in [0.5, 0.6) is 23.0 Å². The molecule has 77 heavy (non-hydrogen) atoms. The van der Waals surface area contributed by atoms with Crippen molar-refractivity contribution in [2.75, 3.05) is 36.1 Å². The van der Waals surface area contributed by atoms with Crippen molar-refractivity contribution in [2.45, 2.75) is 67.3 Å². The zero-order valence-electron chi connectivity index (χ0n) is 44.2. The summed E-state index contributed by atoms with van der Waals surface area (Å²) in [4.78, 5) is 62.9. The van der Waals surface area contributed by atoms with Gasteiger partial charge in [-0.2, -0.15) is 5.26 Å². The molecular formula is C61H64N8O8. The molecule has 2 fully saturated rings. The highest BCUT2D eigenvalue weighted by molar-refractivity contribution is 6.06. The van der Waals surface area contributed by atoms with Gasteiger partial charge in [0.1, 0.15) is 42.8 Å². The van der Waals surface area contributed by atoms with E-state index in [-0.39, 0.29) is 51.5 Å². The minimum Gasteiger partial charge on any atom is -0.497 e. The lowest BCUT2D eigenvalue weighted by atomic mass is 9.96. The fourth-order valence-corrected chi connectivity index (χ4v) is 8.84. The molecule has 1 aliphatic carbocycles. The molecule has 16 heteroatoms. The first-order valence-corrected chi connectivity index (χ1v) is 25.3. The Bertz CT molecular complexity index is 3130. The first kappa shape index (κ1) is 55.6. The zero-order valence-corrected chi connectivity index (χ0v) is 44.2. The molecule has 0 spiro atoms. The topological polar surface area (TPSA) is 207 Å². The summed E-state index contributed by atoms with van der Waals surface area (Å²) in [5.74, 6) is 2.26. The van der Waals surface area contributed by atoms with Gasteiger partial charge in [0.25, 0.3) is 5.91 Å². The van der Waals surface area contributed by atoms with E-state index in [0.29, 0.717) is 74.4 Å². The largest absolute Gasteiger partial charge is 0.497 e. The van der Waals surface area contributed by atoms with Crippen molar-refractivity contribution in [3.05, 3.63) is 192 Å². The third-order valence-corrected chi connectivity index (χ3v) is 13.9. The number of carbonyl (C=O) groups excluding carboxylic acids is 4. The molecule has 0 bridgehead atoms. The lowest BCUT2D eigenvalue weighted by Crippen LogP contribution is -2.40. The van der Waals surface area contributed by atoms with Crippen molar-refractivity contribution >= 4 is 40.7 Å². The lowest BCUT2D eigenvalue weighted by Gasteiger charge is -2.30. The van der Waals surface area contributed by atoms with Crippen LogP contribution < -0.4 is 34.9 Å². The van der Waals surface area contributed by atoms with Crippen LogP contribution in [0.2, 0.25) is 0 Å². The Kier molecular flexibility index (Phi) is 19.1. The number of ether oxygens (including phenoxy) is 4. The number of nitrogens with one attached hydrogen (secondary N) is 3. The van der Waals surface area contributed by atoms with Crippen molar-refractivity contribution in [3.8, 4) is 29.1 Å². The summed E-state index contributed by atoms with van der Waals surface area (Å²) >= 11 is 0. The molecule has 2 aliphatic rings. The van der Waals surface area contributed by atoms with Crippen LogP contribution in [0.1, 0.15) is 80.1 Å². The molecule has 4 aromatic carbocycles. The molecule has 7 aromatic rings. The molecule has 396 valence electrons. The third-order valence-electron chi connectivity index (χ3n) is 13.9. The Labute approximate surface area is 449 Å². The second kappa shape index (κ2) is 26.4. The summed E-state index contributed by atoms with van der Waals surface area (Å²) in [5.41, 5.74) is 5.58. The molecule has 4 heterocycles. The van der Waals surface area contributed by atoms with Crippen LogP contribution in [0.3, 0.4) is 0 Å². The molecule has 3 N–H and O–H groups in total. The molecule has 1 aliphatic heterocycles. The van der Waals surface area contributed by atoms with Gasteiger partial charge in [0.15, 0.2) is 0 Å². The summed E-state index contributed by atoms with van der Waals surface area (Å²) in [6.45, 7) is 12.7. The predicted molar refractivity (Wildman–Crippen MR) is 294 cm³/mol. The van der Waals surface area contributed by atoms with Gasteiger partial charge >= 0.3 is 0 Å². The van der Waals surface area contributed by atoms with Crippen LogP contribution in [0.15, 0.2) is 165 Å². The van der Waals surface area contributed by atoms with E-state index in [1.165, 1.54) is 13.2 Å². The van der Waals surface area contributed by atoms with Crippen LogP contribution in [0, 0.1) is 34.0 Å². The molecule has 0 radical (unpaired) electrons. The molecule has 4 amide bonds. The van der Waals surface area contributed by atoms with Gasteiger partial charge in [0, 0.05) is 121 Å². The number of rotatable bonds is 16. The number of benzene rings is 4. The van der Waals surface area contributed by atoms with Crippen LogP contribution in [0.25, 0.3) is 0 Å². The fourth-order valence-electron chi connectivity index (χ4n) is 8.84. The average molecular weight is 1040 g/mol. The lowest BCUT2D eigenvalue weighted by molar-refractivity contribution is -0.132. The highest BCUT2D eigenvalue weighted by Gasteiger charge is 2.68. The van der Waals surface area contributed by atoms with Gasteiger partial charge in [-0.25, -0.2) is 0 Å². The molecule has 0 unspecified atom stereocenters. The van der Waals surface area contributed by atoms with E-state index in [1.807, 2.05) is 91.0 Å². The van der Waals surface area contributed by atoms with E-state index in [0.717, 1.165) is 28.1 Å². The van der Waals surface area contributed by atoms with Gasteiger partial charge in [0.2, 0.25) is 17.7 Å². The molecular weight excluding hydrogens is 973 g/mol. The Morgan fingerprint density at radius 3 is 1.42 bits per heavy atom. The van der Waals surface area contributed by atoms with Crippen LogP contribution in [0.4, 0.5) is 17.1 Å². The number of amides is 4. The number of hydrogen-bond acceptors (Lipinski definition) is 12. The number of aromatic nitrogens is 3. The Morgan fingerprint density at radius 2 is 1.03 bits per heavy atom. The first-order valence-electron chi connectivity index (χ1n) is 25.3. The highest BCUT2D eigenvalue weighted by Crippen LogP contribution is 2.68. The van der Waals surface area contributed by atoms with E-state index >= 15 is 0 Å². The standard InChI is InChI=1S/C21H17N3O3.C20H23N3O3.C20H24N2O2/c1-26-18-8-7-16(12-22)20(11-18)21(25)24-17-5-2-6-19(10-17)27-14-15-4-3-9-23-13-15;1-15(24)23-10-7-17(8-11-23)20(25)22-18-5-2-6-19(12-18)26-14-16-4-3-9-21-13-16;1-19(2)17(20(19,3)4)18(23)22-15-8-5-9-16(11-15)24-13-14-7-6-10-21-12-14/h2-11,13H,14H2,1H3,(H,24,25);2-6,9,12-13,17H,7-8,10-11,14H2,1H3,(H,22,25);5-12,17H,13H2,1-4H3,(H,22,23). The van der Waals surface area contributed by atoms with Gasteiger partial charge in [0.05, 0.1) is 24.3 Å². The van der Waals surface area contributed by atoms with E-state index in [1.54, 1.807) is 85.4 Å². The normalized spacial score (nSPS) is 14.1. The van der Waals surface area contributed by atoms with Gasteiger partial charge < -0.3 is 39.8 Å². The summed E-state index contributed by atoms with van der Waals surface area (Å²) in [6.07, 6.45) is 11.8. The maximum absolute atomic E-state index is 12.6. The number of anilines is 3. The number of piperidine rings is 1. The van der Waals surface area contributed by atoms with E-state index in [2.05, 4.69) is 58.6 Å². The minimum atomic E-state index is -0.394. The number of hydrogen-bond donors (Lipinski definition) is 3. The monoisotopic (exact) mass is 1040 g/mol.